The van der Waals surface area contributed by atoms with Crippen molar-refractivity contribution >= 4 is 33.2 Å². The van der Waals surface area contributed by atoms with Gasteiger partial charge in [-0.1, -0.05) is 47.5 Å². The monoisotopic (exact) mass is 625 g/mol. The lowest BCUT2D eigenvalue weighted by atomic mass is 10.0. The Morgan fingerprint density at radius 1 is 0.976 bits per heavy atom. The van der Waals surface area contributed by atoms with Crippen molar-refractivity contribution in [2.45, 2.75) is 24.6 Å². The average molecular weight is 626 g/mol. The first-order valence-electron chi connectivity index (χ1n) is 12.5. The molecule has 4 aromatic rings. The molecule has 1 fully saturated rings. The molecule has 0 bridgehead atoms. The van der Waals surface area contributed by atoms with E-state index in [1.54, 1.807) is 48.5 Å². The van der Waals surface area contributed by atoms with Crippen LogP contribution in [0.15, 0.2) is 71.6 Å². The van der Waals surface area contributed by atoms with Crippen molar-refractivity contribution in [2.75, 3.05) is 26.3 Å². The van der Waals surface area contributed by atoms with Crippen molar-refractivity contribution in [3.05, 3.63) is 93.7 Å². The number of halogens is 5. The van der Waals surface area contributed by atoms with Crippen LogP contribution in [-0.2, 0) is 27.5 Å². The SMILES string of the molecule is Cc1ccc(S(=O)(=O)N2CCOCC2)cc1-c1ccc(OCc2cc(C(F)(F)F)nn2-c2c(Cl)cccc2Cl)cc1. The second-order valence-corrected chi connectivity index (χ2v) is 12.1. The third kappa shape index (κ3) is 6.24. The van der Waals surface area contributed by atoms with Crippen molar-refractivity contribution < 1.29 is 31.1 Å². The second kappa shape index (κ2) is 11.7. The highest BCUT2D eigenvalue weighted by Crippen LogP contribution is 2.34. The zero-order valence-electron chi connectivity index (χ0n) is 21.7. The summed E-state index contributed by atoms with van der Waals surface area (Å²) in [6.07, 6.45) is -4.68. The largest absolute Gasteiger partial charge is 0.487 e. The smallest absolute Gasteiger partial charge is 0.435 e. The number of aromatic nitrogens is 2. The Morgan fingerprint density at radius 2 is 1.63 bits per heavy atom. The number of ether oxygens (including phenoxy) is 2. The molecule has 0 N–H and O–H groups in total. The van der Waals surface area contributed by atoms with E-state index in [0.717, 1.165) is 27.4 Å². The number of aryl methyl sites for hydroxylation is 1. The molecule has 1 aromatic heterocycles. The molecular weight excluding hydrogens is 602 g/mol. The van der Waals surface area contributed by atoms with Gasteiger partial charge in [-0.25, -0.2) is 13.1 Å². The molecule has 0 saturated carbocycles. The van der Waals surface area contributed by atoms with E-state index in [9.17, 15) is 21.6 Å². The second-order valence-electron chi connectivity index (χ2n) is 9.31. The first-order chi connectivity index (χ1) is 19.4. The summed E-state index contributed by atoms with van der Waals surface area (Å²) < 4.78 is 80.3. The first-order valence-corrected chi connectivity index (χ1v) is 14.7. The van der Waals surface area contributed by atoms with E-state index in [-0.39, 0.29) is 32.9 Å². The van der Waals surface area contributed by atoms with E-state index >= 15 is 0 Å². The molecule has 7 nitrogen and oxygen atoms in total. The molecule has 1 saturated heterocycles. The first kappa shape index (κ1) is 29.4. The van der Waals surface area contributed by atoms with E-state index in [4.69, 9.17) is 32.7 Å². The molecule has 5 rings (SSSR count). The Morgan fingerprint density at radius 3 is 2.27 bits per heavy atom. The summed E-state index contributed by atoms with van der Waals surface area (Å²) in [5, 5.41) is 3.96. The van der Waals surface area contributed by atoms with Crippen LogP contribution >= 0.6 is 23.2 Å². The number of hydrogen-bond donors (Lipinski definition) is 0. The maximum Gasteiger partial charge on any atom is 0.435 e. The zero-order valence-corrected chi connectivity index (χ0v) is 24.0. The predicted molar refractivity (Wildman–Crippen MR) is 149 cm³/mol. The minimum atomic E-state index is -4.68. The van der Waals surface area contributed by atoms with Crippen LogP contribution in [0.25, 0.3) is 16.8 Å². The number of benzene rings is 3. The molecule has 0 radical (unpaired) electrons. The van der Waals surface area contributed by atoms with Crippen molar-refractivity contribution in [1.29, 1.82) is 0 Å². The van der Waals surface area contributed by atoms with E-state index in [1.165, 1.54) is 16.4 Å². The Balaban J connectivity index is 1.39. The van der Waals surface area contributed by atoms with Gasteiger partial charge in [0.05, 0.1) is 33.8 Å². The lowest BCUT2D eigenvalue weighted by Gasteiger charge is -2.26. The van der Waals surface area contributed by atoms with Crippen molar-refractivity contribution in [3.8, 4) is 22.6 Å². The van der Waals surface area contributed by atoms with E-state index < -0.39 is 21.9 Å². The van der Waals surface area contributed by atoms with E-state index in [0.29, 0.717) is 32.1 Å². The van der Waals surface area contributed by atoms with Crippen LogP contribution in [0.1, 0.15) is 17.0 Å². The standard InChI is InChI=1S/C28H24Cl2F3N3O4S/c1-18-5-10-22(41(37,38)35-11-13-39-14-12-35)16-23(18)19-6-8-21(9-7-19)40-17-20-15-26(28(31,32)33)34-36(20)27-24(29)3-2-4-25(27)30/h2-10,15-16H,11-14,17H2,1H3. The normalized spacial score (nSPS) is 14.8. The summed E-state index contributed by atoms with van der Waals surface area (Å²) in [6.45, 7) is 2.92. The molecule has 0 amide bonds. The van der Waals surface area contributed by atoms with Gasteiger partial charge in [-0.05, 0) is 66.1 Å². The minimum absolute atomic E-state index is 0.0910. The lowest BCUT2D eigenvalue weighted by molar-refractivity contribution is -0.141. The number of alkyl halides is 3. The van der Waals surface area contributed by atoms with Gasteiger partial charge in [-0.3, -0.25) is 0 Å². The number of morpholine rings is 1. The number of para-hydroxylation sites is 1. The van der Waals surface area contributed by atoms with Crippen molar-refractivity contribution in [1.82, 2.24) is 14.1 Å². The van der Waals surface area contributed by atoms with Gasteiger partial charge in [0.2, 0.25) is 10.0 Å². The van der Waals surface area contributed by atoms with Gasteiger partial charge in [-0.15, -0.1) is 0 Å². The summed E-state index contributed by atoms with van der Waals surface area (Å²) in [5.41, 5.74) is 1.45. The molecule has 3 aromatic carbocycles. The van der Waals surface area contributed by atoms with Crippen LogP contribution in [0.5, 0.6) is 5.75 Å². The quantitative estimate of drug-likeness (QED) is 0.226. The molecule has 13 heteroatoms. The molecule has 216 valence electrons. The summed E-state index contributed by atoms with van der Waals surface area (Å²) >= 11 is 12.5. The third-order valence-electron chi connectivity index (χ3n) is 6.59. The highest BCUT2D eigenvalue weighted by atomic mass is 35.5. The van der Waals surface area contributed by atoms with Gasteiger partial charge in [0.25, 0.3) is 0 Å². The third-order valence-corrected chi connectivity index (χ3v) is 9.10. The van der Waals surface area contributed by atoms with Crippen molar-refractivity contribution in [3.63, 3.8) is 0 Å². The van der Waals surface area contributed by atoms with Gasteiger partial charge < -0.3 is 9.47 Å². The fourth-order valence-electron chi connectivity index (χ4n) is 4.44. The molecule has 0 spiro atoms. The molecule has 0 atom stereocenters. The average Bonchev–Trinajstić information content (AvgIpc) is 3.37. The van der Waals surface area contributed by atoms with Crippen molar-refractivity contribution in [2.24, 2.45) is 0 Å². The Hall–Kier alpha value is -3.09. The van der Waals surface area contributed by atoms with Gasteiger partial charge >= 0.3 is 6.18 Å². The van der Waals surface area contributed by atoms with E-state index in [2.05, 4.69) is 5.10 Å². The van der Waals surface area contributed by atoms with Crippen LogP contribution in [0, 0.1) is 6.92 Å². The summed E-state index contributed by atoms with van der Waals surface area (Å²) in [5.74, 6) is 0.384. The number of sulfonamides is 1. The Labute approximate surface area is 245 Å². The predicted octanol–water partition coefficient (Wildman–Crippen LogP) is 6.77. The van der Waals surface area contributed by atoms with Gasteiger partial charge in [0, 0.05) is 13.1 Å². The van der Waals surface area contributed by atoms with E-state index in [1.807, 2.05) is 6.92 Å². The Bertz CT molecular complexity index is 1650. The fourth-order valence-corrected chi connectivity index (χ4v) is 6.43. The molecule has 2 heterocycles. The lowest BCUT2D eigenvalue weighted by Crippen LogP contribution is -2.40. The molecule has 41 heavy (non-hydrogen) atoms. The summed E-state index contributed by atoms with van der Waals surface area (Å²) in [6, 6.07) is 17.3. The Kier molecular flexibility index (Phi) is 8.36. The fraction of sp³-hybridized carbons (Fsp3) is 0.250. The van der Waals surface area contributed by atoms with Crippen LogP contribution in [0.2, 0.25) is 10.0 Å². The molecule has 1 aliphatic rings. The minimum Gasteiger partial charge on any atom is -0.487 e. The van der Waals surface area contributed by atoms with Gasteiger partial charge in [0.15, 0.2) is 5.69 Å². The highest BCUT2D eigenvalue weighted by molar-refractivity contribution is 7.89. The van der Waals surface area contributed by atoms with Crippen LogP contribution in [0.3, 0.4) is 0 Å². The number of hydrogen-bond acceptors (Lipinski definition) is 5. The summed E-state index contributed by atoms with van der Waals surface area (Å²) in [7, 11) is -3.68. The number of nitrogens with zero attached hydrogens (tertiary/aromatic N) is 3. The maximum absolute atomic E-state index is 13.5. The van der Waals surface area contributed by atoms with Crippen LogP contribution in [-0.4, -0.2) is 48.8 Å². The molecule has 1 aliphatic heterocycles. The van der Waals surface area contributed by atoms with Crippen LogP contribution in [0.4, 0.5) is 13.2 Å². The summed E-state index contributed by atoms with van der Waals surface area (Å²) in [4.78, 5) is 0.187. The maximum atomic E-state index is 13.5. The molecular formula is C28H24Cl2F3N3O4S. The highest BCUT2D eigenvalue weighted by Gasteiger charge is 2.35. The van der Waals surface area contributed by atoms with Gasteiger partial charge in [-0.2, -0.15) is 22.6 Å². The van der Waals surface area contributed by atoms with Crippen LogP contribution < -0.4 is 4.74 Å². The zero-order chi connectivity index (χ0) is 29.4. The topological polar surface area (TPSA) is 73.7 Å². The van der Waals surface area contributed by atoms with Gasteiger partial charge in [0.1, 0.15) is 18.0 Å². The number of rotatable bonds is 7. The molecule has 0 aliphatic carbocycles. The molecule has 0 unspecified atom stereocenters.